The molecule has 0 aliphatic carbocycles. The molecule has 6 heteroatoms. The second kappa shape index (κ2) is 10.0. The zero-order chi connectivity index (χ0) is 20.6. The average Bonchev–Trinajstić information content (AvgIpc) is 2.73. The van der Waals surface area contributed by atoms with Crippen LogP contribution in [0.5, 0.6) is 11.5 Å². The fourth-order valence-electron chi connectivity index (χ4n) is 3.12. The molecule has 2 aromatic carbocycles. The van der Waals surface area contributed by atoms with Crippen molar-refractivity contribution in [2.24, 2.45) is 0 Å². The molecule has 0 saturated heterocycles. The molecule has 3 rings (SSSR count). The summed E-state index contributed by atoms with van der Waals surface area (Å²) in [4.78, 5) is 12.3. The molecule has 1 heterocycles. The van der Waals surface area contributed by atoms with Gasteiger partial charge in [-0.2, -0.15) is 5.26 Å². The molecule has 1 aliphatic rings. The van der Waals surface area contributed by atoms with E-state index in [9.17, 15) is 10.1 Å². The molecule has 0 fully saturated rings. The lowest BCUT2D eigenvalue weighted by atomic mass is 9.87. The monoisotopic (exact) mass is 408 g/mol. The molecular formula is C23H24N2O3S. The normalized spacial score (nSPS) is 16.2. The maximum atomic E-state index is 12.3. The van der Waals surface area contributed by atoms with Gasteiger partial charge in [0.2, 0.25) is 5.91 Å². The Morgan fingerprint density at radius 3 is 2.41 bits per heavy atom. The first-order valence-electron chi connectivity index (χ1n) is 9.60. The Kier molecular flexibility index (Phi) is 7.20. The van der Waals surface area contributed by atoms with Crippen molar-refractivity contribution in [2.75, 3.05) is 19.0 Å². The maximum absolute atomic E-state index is 12.3. The smallest absolute Gasteiger partial charge is 0.225 e. The van der Waals surface area contributed by atoms with Crippen LogP contribution in [0.3, 0.4) is 0 Å². The number of benzene rings is 2. The maximum Gasteiger partial charge on any atom is 0.225 e. The van der Waals surface area contributed by atoms with Crippen LogP contribution < -0.4 is 14.8 Å². The summed E-state index contributed by atoms with van der Waals surface area (Å²) in [5.41, 5.74) is 2.71. The van der Waals surface area contributed by atoms with E-state index in [1.807, 2.05) is 62.4 Å². The number of aryl methyl sites for hydroxylation is 1. The van der Waals surface area contributed by atoms with Gasteiger partial charge in [0.25, 0.3) is 0 Å². The van der Waals surface area contributed by atoms with E-state index >= 15 is 0 Å². The second-order valence-electron chi connectivity index (χ2n) is 6.67. The van der Waals surface area contributed by atoms with Crippen molar-refractivity contribution in [2.45, 2.75) is 26.2 Å². The average molecular weight is 409 g/mol. The van der Waals surface area contributed by atoms with Crippen molar-refractivity contribution >= 4 is 17.7 Å². The summed E-state index contributed by atoms with van der Waals surface area (Å²) in [6.45, 7) is 5.05. The van der Waals surface area contributed by atoms with Crippen LogP contribution in [-0.4, -0.2) is 24.9 Å². The molecule has 0 bridgehead atoms. The van der Waals surface area contributed by atoms with Crippen molar-refractivity contribution in [3.63, 3.8) is 0 Å². The summed E-state index contributed by atoms with van der Waals surface area (Å²) in [6, 6.07) is 17.8. The molecule has 0 saturated carbocycles. The van der Waals surface area contributed by atoms with Gasteiger partial charge in [-0.05, 0) is 43.7 Å². The van der Waals surface area contributed by atoms with E-state index in [0.717, 1.165) is 17.1 Å². The van der Waals surface area contributed by atoms with Crippen LogP contribution in [0.4, 0.5) is 0 Å². The number of nitrogens with zero attached hydrogens (tertiary/aromatic N) is 1. The van der Waals surface area contributed by atoms with Gasteiger partial charge in [0.05, 0.1) is 29.9 Å². The van der Waals surface area contributed by atoms with Crippen LogP contribution >= 0.6 is 11.8 Å². The summed E-state index contributed by atoms with van der Waals surface area (Å²) in [6.07, 6.45) is 0.265. The van der Waals surface area contributed by atoms with Gasteiger partial charge in [-0.15, -0.1) is 11.8 Å². The number of thioether (sulfide) groups is 1. The molecule has 2 aromatic rings. The minimum atomic E-state index is -0.245. The predicted molar refractivity (Wildman–Crippen MR) is 115 cm³/mol. The fraction of sp³-hybridized carbons (Fsp3) is 0.304. The van der Waals surface area contributed by atoms with Crippen LogP contribution in [0.25, 0.3) is 0 Å². The number of hydrogen-bond acceptors (Lipinski definition) is 5. The Bertz CT molecular complexity index is 915. The molecule has 150 valence electrons. The number of hydrogen-bond donors (Lipinski definition) is 1. The molecule has 5 nitrogen and oxygen atoms in total. The van der Waals surface area contributed by atoms with Crippen LogP contribution in [0, 0.1) is 18.3 Å². The first kappa shape index (κ1) is 20.8. The third-order valence-electron chi connectivity index (χ3n) is 4.57. The Hall–Kier alpha value is -2.91. The van der Waals surface area contributed by atoms with Gasteiger partial charge in [-0.3, -0.25) is 4.79 Å². The molecule has 0 unspecified atom stereocenters. The van der Waals surface area contributed by atoms with Gasteiger partial charge < -0.3 is 14.8 Å². The molecule has 0 radical (unpaired) electrons. The number of amides is 1. The zero-order valence-corrected chi connectivity index (χ0v) is 17.4. The number of nitrogens with one attached hydrogen (secondary N) is 1. The molecule has 1 amide bonds. The lowest BCUT2D eigenvalue weighted by Crippen LogP contribution is -2.31. The summed E-state index contributed by atoms with van der Waals surface area (Å²) in [5.74, 6) is 1.90. The summed E-state index contributed by atoms with van der Waals surface area (Å²) in [7, 11) is 0. The number of nitriles is 1. The summed E-state index contributed by atoms with van der Waals surface area (Å²) >= 11 is 1.44. The highest BCUT2D eigenvalue weighted by Crippen LogP contribution is 2.36. The number of carbonyl (C=O) groups excluding carboxylic acids is 1. The third-order valence-corrected chi connectivity index (χ3v) is 5.55. The van der Waals surface area contributed by atoms with E-state index in [4.69, 9.17) is 9.47 Å². The molecule has 1 aliphatic heterocycles. The van der Waals surface area contributed by atoms with Crippen molar-refractivity contribution in [1.82, 2.24) is 5.32 Å². The molecule has 1 atom stereocenters. The minimum Gasteiger partial charge on any atom is -0.494 e. The third kappa shape index (κ3) is 5.55. The Balaban J connectivity index is 1.67. The van der Waals surface area contributed by atoms with Gasteiger partial charge in [0, 0.05) is 18.1 Å². The van der Waals surface area contributed by atoms with Crippen molar-refractivity contribution < 1.29 is 14.3 Å². The van der Waals surface area contributed by atoms with Gasteiger partial charge >= 0.3 is 0 Å². The first-order valence-corrected chi connectivity index (χ1v) is 10.6. The van der Waals surface area contributed by atoms with Crippen molar-refractivity contribution in [1.29, 1.82) is 5.26 Å². The fourth-order valence-corrected chi connectivity index (χ4v) is 4.02. The SMILES string of the molecule is CCOc1ccc([C@@H]2CC(=O)NC(SCCOc3ccc(C)cc3)=C2C#N)cc1. The highest BCUT2D eigenvalue weighted by Gasteiger charge is 2.29. The Morgan fingerprint density at radius 1 is 1.10 bits per heavy atom. The van der Waals surface area contributed by atoms with E-state index in [0.29, 0.717) is 29.6 Å². The van der Waals surface area contributed by atoms with Crippen LogP contribution in [-0.2, 0) is 4.79 Å². The van der Waals surface area contributed by atoms with Gasteiger partial charge in [0.15, 0.2) is 0 Å². The van der Waals surface area contributed by atoms with E-state index in [-0.39, 0.29) is 18.2 Å². The second-order valence-corrected chi connectivity index (χ2v) is 7.78. The molecule has 0 spiro atoms. The first-order chi connectivity index (χ1) is 14.1. The highest BCUT2D eigenvalue weighted by molar-refractivity contribution is 8.03. The number of ether oxygens (including phenoxy) is 2. The molecule has 29 heavy (non-hydrogen) atoms. The summed E-state index contributed by atoms with van der Waals surface area (Å²) < 4.78 is 11.2. The highest BCUT2D eigenvalue weighted by atomic mass is 32.2. The molecule has 1 N–H and O–H groups in total. The molecular weight excluding hydrogens is 384 g/mol. The minimum absolute atomic E-state index is 0.0789. The van der Waals surface area contributed by atoms with E-state index in [1.54, 1.807) is 0 Å². The summed E-state index contributed by atoms with van der Waals surface area (Å²) in [5, 5.41) is 13.2. The Morgan fingerprint density at radius 2 is 1.76 bits per heavy atom. The van der Waals surface area contributed by atoms with Gasteiger partial charge in [0.1, 0.15) is 11.5 Å². The van der Waals surface area contributed by atoms with Crippen molar-refractivity contribution in [3.05, 3.63) is 70.3 Å². The van der Waals surface area contributed by atoms with Crippen LogP contribution in [0.2, 0.25) is 0 Å². The standard InChI is InChI=1S/C23H24N2O3S/c1-3-27-18-10-6-17(7-11-18)20-14-22(26)25-23(21(20)15-24)29-13-12-28-19-8-4-16(2)5-9-19/h4-11,20H,3,12-14H2,1-2H3,(H,25,26)/t20-/m0/s1. The number of rotatable bonds is 8. The van der Waals surface area contributed by atoms with Gasteiger partial charge in [-0.1, -0.05) is 29.8 Å². The van der Waals surface area contributed by atoms with E-state index < -0.39 is 0 Å². The zero-order valence-electron chi connectivity index (χ0n) is 16.6. The Labute approximate surface area is 175 Å². The van der Waals surface area contributed by atoms with E-state index in [2.05, 4.69) is 11.4 Å². The predicted octanol–water partition coefficient (Wildman–Crippen LogP) is 4.54. The van der Waals surface area contributed by atoms with Crippen LogP contribution in [0.15, 0.2) is 59.1 Å². The quantitative estimate of drug-likeness (QED) is 0.649. The lowest BCUT2D eigenvalue weighted by molar-refractivity contribution is -0.120. The van der Waals surface area contributed by atoms with Crippen LogP contribution in [0.1, 0.15) is 30.4 Å². The topological polar surface area (TPSA) is 71.3 Å². The largest absolute Gasteiger partial charge is 0.494 e. The molecule has 0 aromatic heterocycles. The van der Waals surface area contributed by atoms with Crippen molar-refractivity contribution in [3.8, 4) is 17.6 Å². The number of carbonyl (C=O) groups is 1. The van der Waals surface area contributed by atoms with Gasteiger partial charge in [-0.25, -0.2) is 0 Å². The lowest BCUT2D eigenvalue weighted by Gasteiger charge is -2.25. The van der Waals surface area contributed by atoms with E-state index in [1.165, 1.54) is 17.3 Å². The number of allylic oxidation sites excluding steroid dienone is 1.